The Hall–Kier alpha value is -2.01. The first-order chi connectivity index (χ1) is 11.2. The molecule has 0 fully saturated rings. The number of nitrogens with one attached hydrogen (secondary N) is 1. The second-order valence-electron chi connectivity index (χ2n) is 5.34. The minimum Gasteiger partial charge on any atom is -0.357 e. The summed E-state index contributed by atoms with van der Waals surface area (Å²) in [5.74, 6) is 0.910. The number of aryl methyl sites for hydroxylation is 1. The van der Waals surface area contributed by atoms with Crippen molar-refractivity contribution in [3.05, 3.63) is 53.3 Å². The lowest BCUT2D eigenvalue weighted by atomic mass is 10.2. The summed E-state index contributed by atoms with van der Waals surface area (Å²) < 4.78 is 1.93. The zero-order valence-electron chi connectivity index (χ0n) is 13.7. The van der Waals surface area contributed by atoms with E-state index >= 15 is 0 Å². The molecule has 0 aliphatic carbocycles. The first-order valence-electron chi connectivity index (χ1n) is 7.90. The fourth-order valence-electron chi connectivity index (χ4n) is 2.30. The summed E-state index contributed by atoms with van der Waals surface area (Å²) in [5.41, 5.74) is 1.17. The molecule has 0 radical (unpaired) electrons. The third kappa shape index (κ3) is 5.94. The fraction of sp³-hybridized carbons (Fsp3) is 0.412. The third-order valence-corrected chi connectivity index (χ3v) is 3.61. The maximum absolute atomic E-state index is 6.05. The zero-order chi connectivity index (χ0) is 16.5. The van der Waals surface area contributed by atoms with E-state index in [1.54, 1.807) is 6.20 Å². The molecule has 0 aliphatic heterocycles. The Morgan fingerprint density at radius 2 is 2.26 bits per heavy atom. The van der Waals surface area contributed by atoms with E-state index in [0.29, 0.717) is 0 Å². The Kier molecular flexibility index (Phi) is 6.94. The molecular weight excluding hydrogens is 310 g/mol. The van der Waals surface area contributed by atoms with Gasteiger partial charge in [-0.1, -0.05) is 23.7 Å². The number of nitrogens with zero attached hydrogens (tertiary/aromatic N) is 4. The lowest BCUT2D eigenvalue weighted by Crippen LogP contribution is -2.38. The van der Waals surface area contributed by atoms with Gasteiger partial charge in [0.05, 0.1) is 0 Å². The average Bonchev–Trinajstić information content (AvgIpc) is 3.03. The molecule has 2 rings (SSSR count). The van der Waals surface area contributed by atoms with Crippen LogP contribution in [0, 0.1) is 0 Å². The standard InChI is InChI=1S/C17H24ClN5/c1-3-19-17(20-9-5-11-23-12-6-10-21-23)22(2)14-15-7-4-8-16(18)13-15/h4,6-8,10,12-13H,3,5,9,11,14H2,1-2H3,(H,19,20). The Bertz CT molecular complexity index is 609. The highest BCUT2D eigenvalue weighted by Gasteiger charge is 2.06. The highest BCUT2D eigenvalue weighted by molar-refractivity contribution is 6.30. The van der Waals surface area contributed by atoms with Crippen LogP contribution in [0.25, 0.3) is 0 Å². The molecule has 1 aromatic carbocycles. The maximum atomic E-state index is 6.05. The van der Waals surface area contributed by atoms with Crippen molar-refractivity contribution < 1.29 is 0 Å². The largest absolute Gasteiger partial charge is 0.357 e. The van der Waals surface area contributed by atoms with Crippen molar-refractivity contribution in [1.29, 1.82) is 0 Å². The van der Waals surface area contributed by atoms with Gasteiger partial charge in [-0.3, -0.25) is 9.67 Å². The highest BCUT2D eigenvalue weighted by atomic mass is 35.5. The summed E-state index contributed by atoms with van der Waals surface area (Å²) in [5, 5.41) is 8.29. The van der Waals surface area contributed by atoms with Crippen LogP contribution in [0.5, 0.6) is 0 Å². The summed E-state index contributed by atoms with van der Waals surface area (Å²) >= 11 is 6.05. The molecule has 124 valence electrons. The quantitative estimate of drug-likeness (QED) is 0.481. The summed E-state index contributed by atoms with van der Waals surface area (Å²) in [7, 11) is 2.04. The molecule has 0 aliphatic rings. The smallest absolute Gasteiger partial charge is 0.193 e. The Morgan fingerprint density at radius 3 is 2.96 bits per heavy atom. The monoisotopic (exact) mass is 333 g/mol. The predicted molar refractivity (Wildman–Crippen MR) is 95.7 cm³/mol. The van der Waals surface area contributed by atoms with Crippen LogP contribution in [0.4, 0.5) is 0 Å². The lowest BCUT2D eigenvalue weighted by Gasteiger charge is -2.22. The highest BCUT2D eigenvalue weighted by Crippen LogP contribution is 2.12. The van der Waals surface area contributed by atoms with Gasteiger partial charge >= 0.3 is 0 Å². The number of guanidine groups is 1. The van der Waals surface area contributed by atoms with Crippen LogP contribution in [-0.4, -0.2) is 40.8 Å². The summed E-state index contributed by atoms with van der Waals surface area (Å²) in [6.45, 7) is 5.34. The topological polar surface area (TPSA) is 45.5 Å². The van der Waals surface area contributed by atoms with Crippen molar-refractivity contribution in [2.75, 3.05) is 20.1 Å². The molecule has 0 saturated heterocycles. The van der Waals surface area contributed by atoms with E-state index in [0.717, 1.165) is 43.6 Å². The van der Waals surface area contributed by atoms with Crippen LogP contribution in [0.1, 0.15) is 18.9 Å². The van der Waals surface area contributed by atoms with Crippen LogP contribution >= 0.6 is 11.6 Å². The predicted octanol–water partition coefficient (Wildman–Crippen LogP) is 3.02. The van der Waals surface area contributed by atoms with Gasteiger partial charge in [-0.05, 0) is 37.1 Å². The number of halogens is 1. The molecule has 1 N–H and O–H groups in total. The maximum Gasteiger partial charge on any atom is 0.193 e. The summed E-state index contributed by atoms with van der Waals surface area (Å²) in [6.07, 6.45) is 4.73. The minimum atomic E-state index is 0.761. The number of rotatable bonds is 7. The van der Waals surface area contributed by atoms with E-state index in [1.807, 2.05) is 42.2 Å². The van der Waals surface area contributed by atoms with Crippen molar-refractivity contribution in [2.24, 2.45) is 4.99 Å². The van der Waals surface area contributed by atoms with Gasteiger partial charge in [0, 0.05) is 50.6 Å². The van der Waals surface area contributed by atoms with Gasteiger partial charge in [0.25, 0.3) is 0 Å². The molecule has 0 spiro atoms. The summed E-state index contributed by atoms with van der Waals surface area (Å²) in [6, 6.07) is 9.86. The van der Waals surface area contributed by atoms with Crippen LogP contribution in [-0.2, 0) is 13.1 Å². The second kappa shape index (κ2) is 9.20. The van der Waals surface area contributed by atoms with Crippen LogP contribution in [0.15, 0.2) is 47.7 Å². The molecule has 1 heterocycles. The fourth-order valence-corrected chi connectivity index (χ4v) is 2.52. The molecule has 2 aromatic rings. The SMILES string of the molecule is CCNC(=NCCCn1cccn1)N(C)Cc1cccc(Cl)c1. The normalized spacial score (nSPS) is 11.5. The van der Waals surface area contributed by atoms with Crippen LogP contribution in [0.3, 0.4) is 0 Å². The first kappa shape index (κ1) is 17.3. The number of hydrogen-bond donors (Lipinski definition) is 1. The second-order valence-corrected chi connectivity index (χ2v) is 5.78. The number of benzene rings is 1. The molecule has 0 atom stereocenters. The van der Waals surface area contributed by atoms with Gasteiger partial charge in [-0.25, -0.2) is 0 Å². The summed E-state index contributed by atoms with van der Waals surface area (Å²) in [4.78, 5) is 6.80. The van der Waals surface area contributed by atoms with Gasteiger partial charge in [0.15, 0.2) is 5.96 Å². The Morgan fingerprint density at radius 1 is 1.39 bits per heavy atom. The van der Waals surface area contributed by atoms with Crippen LogP contribution < -0.4 is 5.32 Å². The molecular formula is C17H24ClN5. The minimum absolute atomic E-state index is 0.761. The van der Waals surface area contributed by atoms with E-state index < -0.39 is 0 Å². The number of aromatic nitrogens is 2. The van der Waals surface area contributed by atoms with E-state index in [4.69, 9.17) is 11.6 Å². The average molecular weight is 334 g/mol. The van der Waals surface area contributed by atoms with Crippen molar-refractivity contribution >= 4 is 17.6 Å². The van der Waals surface area contributed by atoms with Gasteiger partial charge in [0.2, 0.25) is 0 Å². The van der Waals surface area contributed by atoms with E-state index in [2.05, 4.69) is 33.3 Å². The molecule has 0 amide bonds. The van der Waals surface area contributed by atoms with E-state index in [-0.39, 0.29) is 0 Å². The molecule has 0 bridgehead atoms. The van der Waals surface area contributed by atoms with Crippen molar-refractivity contribution in [3.63, 3.8) is 0 Å². The van der Waals surface area contributed by atoms with Gasteiger partial charge in [0.1, 0.15) is 0 Å². The van der Waals surface area contributed by atoms with Gasteiger partial charge in [-0.15, -0.1) is 0 Å². The number of aliphatic imine (C=N–C) groups is 1. The van der Waals surface area contributed by atoms with Gasteiger partial charge < -0.3 is 10.2 Å². The molecule has 0 unspecified atom stereocenters. The van der Waals surface area contributed by atoms with E-state index in [9.17, 15) is 0 Å². The molecule has 6 heteroatoms. The molecule has 1 aromatic heterocycles. The third-order valence-electron chi connectivity index (χ3n) is 3.37. The Balaban J connectivity index is 1.88. The van der Waals surface area contributed by atoms with Gasteiger partial charge in [-0.2, -0.15) is 5.10 Å². The van der Waals surface area contributed by atoms with Crippen molar-refractivity contribution in [1.82, 2.24) is 20.0 Å². The Labute approximate surface area is 143 Å². The molecule has 23 heavy (non-hydrogen) atoms. The van der Waals surface area contributed by atoms with Crippen molar-refractivity contribution in [3.8, 4) is 0 Å². The number of hydrogen-bond acceptors (Lipinski definition) is 2. The lowest BCUT2D eigenvalue weighted by molar-refractivity contribution is 0.475. The molecule has 0 saturated carbocycles. The van der Waals surface area contributed by atoms with Crippen LogP contribution in [0.2, 0.25) is 5.02 Å². The molecule has 5 nitrogen and oxygen atoms in total. The first-order valence-corrected chi connectivity index (χ1v) is 8.28. The van der Waals surface area contributed by atoms with Crippen molar-refractivity contribution in [2.45, 2.75) is 26.4 Å². The zero-order valence-corrected chi connectivity index (χ0v) is 14.5. The van der Waals surface area contributed by atoms with E-state index in [1.165, 1.54) is 5.56 Å².